The Morgan fingerprint density at radius 3 is 1.08 bits per heavy atom. The maximum Gasteiger partial charge on any atom is 0.306 e. The molecule has 0 saturated heterocycles. The molecule has 0 aliphatic heterocycles. The minimum Gasteiger partial charge on any atom is -0.756 e. The van der Waals surface area contributed by atoms with Gasteiger partial charge in [-0.2, -0.15) is 0 Å². The van der Waals surface area contributed by atoms with Crippen molar-refractivity contribution in [2.24, 2.45) is 0 Å². The van der Waals surface area contributed by atoms with E-state index in [1.54, 1.807) is 0 Å². The smallest absolute Gasteiger partial charge is 0.306 e. The van der Waals surface area contributed by atoms with Gasteiger partial charge in [0.2, 0.25) is 5.91 Å². The van der Waals surface area contributed by atoms with Gasteiger partial charge in [-0.05, 0) is 57.4 Å². The van der Waals surface area contributed by atoms with Crippen LogP contribution in [0.25, 0.3) is 0 Å². The number of rotatable bonds is 64. The summed E-state index contributed by atoms with van der Waals surface area (Å²) < 4.78 is 30.4. The van der Waals surface area contributed by atoms with E-state index in [0.29, 0.717) is 17.4 Å². The first-order valence-corrected chi connectivity index (χ1v) is 36.1. The number of hydrogen-bond acceptors (Lipinski definition) is 7. The SMILES string of the molecule is CCCCCCCC/C=C/CCCCCCCCCCCC(=O)OC(/C=C/CCCCCCCCCCCCC)C(COP(=O)([O-])OCC[N+](C)(C)C)NC(=O)CCCCCCCCCCCCCCCCCCCCCCC. The third-order valence-corrected chi connectivity index (χ3v) is 16.8. The number of nitrogens with one attached hydrogen (secondary N) is 1. The van der Waals surface area contributed by atoms with E-state index < -0.39 is 20.0 Å². The fourth-order valence-corrected chi connectivity index (χ4v) is 11.2. The van der Waals surface area contributed by atoms with Crippen LogP contribution in [0.1, 0.15) is 355 Å². The number of allylic oxidation sites excluding steroid dienone is 3. The molecule has 0 bridgehead atoms. The van der Waals surface area contributed by atoms with Gasteiger partial charge in [0.25, 0.3) is 7.82 Å². The molecule has 468 valence electrons. The highest BCUT2D eigenvalue weighted by atomic mass is 31.2. The number of ether oxygens (including phenoxy) is 1. The Balaban J connectivity index is 5.13. The molecule has 1 N–H and O–H groups in total. The summed E-state index contributed by atoms with van der Waals surface area (Å²) in [4.78, 5) is 40.1. The average molecular weight is 1140 g/mol. The van der Waals surface area contributed by atoms with Gasteiger partial charge in [0.15, 0.2) is 0 Å². The lowest BCUT2D eigenvalue weighted by Gasteiger charge is -2.30. The van der Waals surface area contributed by atoms with E-state index in [0.717, 1.165) is 57.8 Å². The van der Waals surface area contributed by atoms with Gasteiger partial charge in [-0.1, -0.05) is 309 Å². The van der Waals surface area contributed by atoms with Crippen molar-refractivity contribution in [1.82, 2.24) is 5.32 Å². The van der Waals surface area contributed by atoms with Crippen LogP contribution >= 0.6 is 7.82 Å². The molecule has 0 radical (unpaired) electrons. The van der Waals surface area contributed by atoms with Crippen molar-refractivity contribution < 1.29 is 37.3 Å². The Morgan fingerprint density at radius 1 is 0.430 bits per heavy atom. The second-order valence-corrected chi connectivity index (χ2v) is 26.5. The Bertz CT molecular complexity index is 1400. The molecular formula is C69H135N2O7P. The second kappa shape index (κ2) is 59.6. The van der Waals surface area contributed by atoms with Crippen molar-refractivity contribution in [1.29, 1.82) is 0 Å². The molecule has 0 spiro atoms. The number of carbonyl (C=O) groups excluding carboxylic acids is 2. The molecular weight excluding hydrogens is 1000 g/mol. The summed E-state index contributed by atoms with van der Waals surface area (Å²) in [6.45, 7) is 6.91. The summed E-state index contributed by atoms with van der Waals surface area (Å²) in [6.07, 6.45) is 71.5. The second-order valence-electron chi connectivity index (χ2n) is 25.0. The molecule has 10 heteroatoms. The number of hydrogen-bond donors (Lipinski definition) is 1. The van der Waals surface area contributed by atoms with E-state index in [2.05, 4.69) is 38.2 Å². The number of amides is 1. The summed E-state index contributed by atoms with van der Waals surface area (Å²) in [5.74, 6) is -0.521. The number of quaternary nitrogens is 1. The van der Waals surface area contributed by atoms with Crippen molar-refractivity contribution in [2.45, 2.75) is 367 Å². The van der Waals surface area contributed by atoms with Crippen LogP contribution in [0.4, 0.5) is 0 Å². The summed E-state index contributed by atoms with van der Waals surface area (Å²) in [6, 6.07) is -0.884. The number of unbranched alkanes of at least 4 members (excludes halogenated alkanes) is 46. The predicted octanol–water partition coefficient (Wildman–Crippen LogP) is 21.0. The monoisotopic (exact) mass is 1140 g/mol. The lowest BCUT2D eigenvalue weighted by Crippen LogP contribution is -2.47. The number of esters is 1. The maximum absolute atomic E-state index is 13.6. The normalized spacial score (nSPS) is 13.7. The van der Waals surface area contributed by atoms with Crippen molar-refractivity contribution in [2.75, 3.05) is 40.9 Å². The highest BCUT2D eigenvalue weighted by Gasteiger charge is 2.27. The molecule has 79 heavy (non-hydrogen) atoms. The fraction of sp³-hybridized carbons (Fsp3) is 0.913. The molecule has 0 fully saturated rings. The van der Waals surface area contributed by atoms with Crippen LogP contribution in [-0.4, -0.2) is 69.4 Å². The van der Waals surface area contributed by atoms with E-state index in [4.69, 9.17) is 13.8 Å². The van der Waals surface area contributed by atoms with E-state index >= 15 is 0 Å². The maximum atomic E-state index is 13.6. The fourth-order valence-electron chi connectivity index (χ4n) is 10.5. The Morgan fingerprint density at radius 2 is 0.734 bits per heavy atom. The van der Waals surface area contributed by atoms with Crippen molar-refractivity contribution >= 4 is 19.7 Å². The zero-order valence-electron chi connectivity index (χ0n) is 53.6. The standard InChI is InChI=1S/C69H135N2O7P/c1-7-10-13-16-19-22-25-28-30-32-34-35-37-38-40-43-46-49-52-55-58-61-68(72)70-66(65-77-79(74,75)76-64-63-71(4,5)6)67(60-57-54-51-48-45-42-27-24-21-18-15-12-9-3)78-69(73)62-59-56-53-50-47-44-41-39-36-33-31-29-26-23-20-17-14-11-8-2/h29,31,57,60,66-67H,7-28,30,32-56,58-59,61-65H2,1-6H3,(H-,70,72,74,75)/b31-29+,60-57+. The summed E-state index contributed by atoms with van der Waals surface area (Å²) in [7, 11) is 1.20. The van der Waals surface area contributed by atoms with Crippen LogP contribution in [0.3, 0.4) is 0 Å². The third kappa shape index (κ3) is 60.9. The minimum absolute atomic E-state index is 0.0185. The first-order chi connectivity index (χ1) is 38.4. The molecule has 3 atom stereocenters. The van der Waals surface area contributed by atoms with Crippen LogP contribution in [0, 0.1) is 0 Å². The van der Waals surface area contributed by atoms with Gasteiger partial charge in [0.1, 0.15) is 19.3 Å². The van der Waals surface area contributed by atoms with Gasteiger partial charge < -0.3 is 28.5 Å². The highest BCUT2D eigenvalue weighted by molar-refractivity contribution is 7.45. The first kappa shape index (κ1) is 77.5. The van der Waals surface area contributed by atoms with Gasteiger partial charge in [-0.3, -0.25) is 14.2 Å². The zero-order valence-corrected chi connectivity index (χ0v) is 54.5. The van der Waals surface area contributed by atoms with Crippen molar-refractivity contribution in [3.63, 3.8) is 0 Å². The van der Waals surface area contributed by atoms with Gasteiger partial charge in [0.05, 0.1) is 33.8 Å². The zero-order chi connectivity index (χ0) is 57.9. The van der Waals surface area contributed by atoms with E-state index in [9.17, 15) is 19.0 Å². The van der Waals surface area contributed by atoms with Gasteiger partial charge in [-0.25, -0.2) is 0 Å². The molecule has 9 nitrogen and oxygen atoms in total. The number of carbonyl (C=O) groups is 2. The lowest BCUT2D eigenvalue weighted by atomic mass is 10.0. The minimum atomic E-state index is -4.70. The van der Waals surface area contributed by atoms with Crippen molar-refractivity contribution in [3.05, 3.63) is 24.3 Å². The topological polar surface area (TPSA) is 114 Å². The lowest BCUT2D eigenvalue weighted by molar-refractivity contribution is -0.870. The largest absolute Gasteiger partial charge is 0.756 e. The van der Waals surface area contributed by atoms with E-state index in [-0.39, 0.29) is 31.5 Å². The van der Waals surface area contributed by atoms with Crippen LogP contribution in [0.15, 0.2) is 24.3 Å². The summed E-state index contributed by atoms with van der Waals surface area (Å²) in [5.41, 5.74) is 0. The molecule has 3 unspecified atom stereocenters. The van der Waals surface area contributed by atoms with Gasteiger partial charge in [0, 0.05) is 12.8 Å². The average Bonchev–Trinajstić information content (AvgIpc) is 3.41. The number of phosphoric acid groups is 1. The van der Waals surface area contributed by atoms with Crippen molar-refractivity contribution in [3.8, 4) is 0 Å². The molecule has 0 saturated carbocycles. The molecule has 0 aliphatic carbocycles. The van der Waals surface area contributed by atoms with Crippen LogP contribution in [0.2, 0.25) is 0 Å². The molecule has 0 aromatic carbocycles. The van der Waals surface area contributed by atoms with Crippen LogP contribution in [0.5, 0.6) is 0 Å². The van der Waals surface area contributed by atoms with Crippen LogP contribution < -0.4 is 10.2 Å². The predicted molar refractivity (Wildman–Crippen MR) is 340 cm³/mol. The summed E-state index contributed by atoms with van der Waals surface area (Å²) >= 11 is 0. The highest BCUT2D eigenvalue weighted by Crippen LogP contribution is 2.38. The van der Waals surface area contributed by atoms with Gasteiger partial charge in [-0.15, -0.1) is 0 Å². The summed E-state index contributed by atoms with van der Waals surface area (Å²) in [5, 5.41) is 3.05. The molecule has 0 rings (SSSR count). The molecule has 0 heterocycles. The number of likely N-dealkylation sites (N-methyl/N-ethyl adjacent to an activating group) is 1. The third-order valence-electron chi connectivity index (χ3n) is 15.9. The number of phosphoric ester groups is 1. The van der Waals surface area contributed by atoms with Gasteiger partial charge >= 0.3 is 5.97 Å². The number of nitrogens with zero attached hydrogens (tertiary/aromatic N) is 1. The van der Waals surface area contributed by atoms with E-state index in [1.807, 2.05) is 33.3 Å². The Kier molecular flexibility index (Phi) is 58.5. The Labute approximate surface area is 492 Å². The molecule has 0 aromatic heterocycles. The molecule has 1 amide bonds. The van der Waals surface area contributed by atoms with Crippen LogP contribution in [-0.2, 0) is 27.9 Å². The first-order valence-electron chi connectivity index (χ1n) is 34.6. The quantitative estimate of drug-likeness (QED) is 0.0212. The Hall–Kier alpha value is -1.51. The molecule has 0 aliphatic rings. The van der Waals surface area contributed by atoms with E-state index in [1.165, 1.54) is 263 Å². The molecule has 0 aromatic rings.